The highest BCUT2D eigenvalue weighted by Crippen LogP contribution is 2.24. The smallest absolute Gasteiger partial charge is 0.261 e. The van der Waals surface area contributed by atoms with Gasteiger partial charge in [-0.05, 0) is 72.0 Å². The third-order valence-electron chi connectivity index (χ3n) is 4.75. The Balaban J connectivity index is 1.39. The molecule has 8 heteroatoms. The highest BCUT2D eigenvalue weighted by Gasteiger charge is 2.14. The van der Waals surface area contributed by atoms with Crippen LogP contribution in [0.2, 0.25) is 0 Å². The first-order valence-electron chi connectivity index (χ1n) is 9.86. The van der Waals surface area contributed by atoms with Crippen LogP contribution in [0.1, 0.15) is 21.5 Å². The van der Waals surface area contributed by atoms with E-state index < -0.39 is 10.0 Å². The lowest BCUT2D eigenvalue weighted by molar-refractivity contribution is 0.0951. The van der Waals surface area contributed by atoms with Crippen molar-refractivity contribution >= 4 is 33.0 Å². The van der Waals surface area contributed by atoms with Crippen LogP contribution in [0.5, 0.6) is 0 Å². The summed E-state index contributed by atoms with van der Waals surface area (Å²) in [6.07, 6.45) is 3.52. The van der Waals surface area contributed by atoms with E-state index in [0.29, 0.717) is 17.8 Å². The molecule has 162 valence electrons. The van der Waals surface area contributed by atoms with Crippen LogP contribution in [-0.4, -0.2) is 19.3 Å². The molecule has 0 spiro atoms. The Morgan fingerprint density at radius 2 is 1.81 bits per heavy atom. The summed E-state index contributed by atoms with van der Waals surface area (Å²) >= 11 is 1.63. The number of rotatable bonds is 7. The Bertz CT molecular complexity index is 1330. The summed E-state index contributed by atoms with van der Waals surface area (Å²) < 4.78 is 27.6. The fourth-order valence-electron chi connectivity index (χ4n) is 3.13. The zero-order chi connectivity index (χ0) is 22.6. The van der Waals surface area contributed by atoms with Gasteiger partial charge in [0.05, 0.1) is 4.90 Å². The lowest BCUT2D eigenvalue weighted by Gasteiger charge is -2.10. The average molecular weight is 464 g/mol. The van der Waals surface area contributed by atoms with Crippen molar-refractivity contribution in [1.29, 1.82) is 0 Å². The molecule has 2 N–H and O–H groups in total. The number of aryl methyl sites for hydroxylation is 1. The summed E-state index contributed by atoms with van der Waals surface area (Å²) in [6.45, 7) is 2.17. The van der Waals surface area contributed by atoms with Gasteiger partial charge in [-0.1, -0.05) is 18.2 Å². The number of benzene rings is 2. The normalized spacial score (nSPS) is 11.2. The highest BCUT2D eigenvalue weighted by molar-refractivity contribution is 7.92. The Morgan fingerprint density at radius 1 is 1.00 bits per heavy atom. The third-order valence-corrected chi connectivity index (χ3v) is 7.05. The van der Waals surface area contributed by atoms with Crippen molar-refractivity contribution < 1.29 is 13.2 Å². The highest BCUT2D eigenvalue weighted by atomic mass is 32.2. The van der Waals surface area contributed by atoms with E-state index in [1.165, 1.54) is 0 Å². The number of carbonyl (C=O) groups is 1. The molecule has 0 saturated heterocycles. The molecule has 0 aliphatic rings. The SMILES string of the molecule is Cc1cccc(S(=O)(=O)Nc2ccc(C(=O)NCc3cncc(-c4cccs4)c3)cc2)c1. The van der Waals surface area contributed by atoms with Crippen LogP contribution in [0.25, 0.3) is 10.4 Å². The van der Waals surface area contributed by atoms with E-state index in [9.17, 15) is 13.2 Å². The molecule has 0 fully saturated rings. The van der Waals surface area contributed by atoms with Crippen molar-refractivity contribution in [1.82, 2.24) is 10.3 Å². The van der Waals surface area contributed by atoms with Crippen LogP contribution >= 0.6 is 11.3 Å². The van der Waals surface area contributed by atoms with Crippen molar-refractivity contribution in [2.75, 3.05) is 4.72 Å². The molecule has 0 aliphatic heterocycles. The number of sulfonamides is 1. The van der Waals surface area contributed by atoms with Gasteiger partial charge in [-0.15, -0.1) is 11.3 Å². The first kappa shape index (κ1) is 21.7. The van der Waals surface area contributed by atoms with E-state index in [1.807, 2.05) is 36.6 Å². The summed E-state index contributed by atoms with van der Waals surface area (Å²) in [6, 6.07) is 19.0. The topological polar surface area (TPSA) is 88.2 Å². The molecule has 0 saturated carbocycles. The van der Waals surface area contributed by atoms with Crippen molar-refractivity contribution in [3.05, 3.63) is 101 Å². The van der Waals surface area contributed by atoms with Gasteiger partial charge in [-0.2, -0.15) is 0 Å². The molecule has 0 bridgehead atoms. The molecule has 0 atom stereocenters. The molecule has 4 aromatic rings. The number of hydrogen-bond donors (Lipinski definition) is 2. The Hall–Kier alpha value is -3.49. The summed E-state index contributed by atoms with van der Waals surface area (Å²) in [5.41, 5.74) is 3.58. The zero-order valence-electron chi connectivity index (χ0n) is 17.3. The van der Waals surface area contributed by atoms with Crippen molar-refractivity contribution in [2.24, 2.45) is 0 Å². The second-order valence-electron chi connectivity index (χ2n) is 7.24. The van der Waals surface area contributed by atoms with Crippen LogP contribution in [0.3, 0.4) is 0 Å². The largest absolute Gasteiger partial charge is 0.348 e. The molecule has 32 heavy (non-hydrogen) atoms. The number of thiophene rings is 1. The van der Waals surface area contributed by atoms with Crippen LogP contribution in [0.4, 0.5) is 5.69 Å². The average Bonchev–Trinajstić information content (AvgIpc) is 3.33. The van der Waals surface area contributed by atoms with Gasteiger partial charge in [-0.25, -0.2) is 8.42 Å². The summed E-state index contributed by atoms with van der Waals surface area (Å²) in [5.74, 6) is -0.250. The molecule has 0 aliphatic carbocycles. The molecule has 4 rings (SSSR count). The molecule has 1 amide bonds. The number of carbonyl (C=O) groups excluding carboxylic acids is 1. The van der Waals surface area contributed by atoms with Crippen LogP contribution in [0.15, 0.2) is 89.4 Å². The van der Waals surface area contributed by atoms with Gasteiger partial charge in [0.15, 0.2) is 0 Å². The zero-order valence-corrected chi connectivity index (χ0v) is 18.9. The lowest BCUT2D eigenvalue weighted by Crippen LogP contribution is -2.22. The Morgan fingerprint density at radius 3 is 2.53 bits per heavy atom. The van der Waals surface area contributed by atoms with E-state index >= 15 is 0 Å². The minimum absolute atomic E-state index is 0.192. The number of amides is 1. The van der Waals surface area contributed by atoms with Gasteiger partial charge in [-0.3, -0.25) is 14.5 Å². The van der Waals surface area contributed by atoms with E-state index in [4.69, 9.17) is 0 Å². The minimum atomic E-state index is -3.69. The van der Waals surface area contributed by atoms with E-state index in [0.717, 1.165) is 21.6 Å². The van der Waals surface area contributed by atoms with Crippen LogP contribution in [0, 0.1) is 6.92 Å². The fourth-order valence-corrected chi connectivity index (χ4v) is 5.00. The van der Waals surface area contributed by atoms with Gasteiger partial charge < -0.3 is 5.32 Å². The summed E-state index contributed by atoms with van der Waals surface area (Å²) in [7, 11) is -3.69. The van der Waals surface area contributed by atoms with Crippen molar-refractivity contribution in [3.63, 3.8) is 0 Å². The first-order valence-corrected chi connectivity index (χ1v) is 12.2. The number of nitrogens with one attached hydrogen (secondary N) is 2. The minimum Gasteiger partial charge on any atom is -0.348 e. The monoisotopic (exact) mass is 463 g/mol. The lowest BCUT2D eigenvalue weighted by atomic mass is 10.1. The van der Waals surface area contributed by atoms with Gasteiger partial charge in [0.1, 0.15) is 0 Å². The molecule has 0 unspecified atom stereocenters. The molecule has 6 nitrogen and oxygen atoms in total. The van der Waals surface area contributed by atoms with E-state index in [2.05, 4.69) is 15.0 Å². The van der Waals surface area contributed by atoms with Gasteiger partial charge in [0, 0.05) is 40.6 Å². The molecular weight excluding hydrogens is 442 g/mol. The van der Waals surface area contributed by atoms with Crippen molar-refractivity contribution in [3.8, 4) is 10.4 Å². The third kappa shape index (κ3) is 5.22. The van der Waals surface area contributed by atoms with Crippen molar-refractivity contribution in [2.45, 2.75) is 18.4 Å². The number of hydrogen-bond acceptors (Lipinski definition) is 5. The molecule has 2 aromatic heterocycles. The van der Waals surface area contributed by atoms with E-state index in [-0.39, 0.29) is 10.8 Å². The first-order chi connectivity index (χ1) is 15.4. The number of anilines is 1. The predicted molar refractivity (Wildman–Crippen MR) is 127 cm³/mol. The van der Waals surface area contributed by atoms with Gasteiger partial charge in [0.2, 0.25) is 0 Å². The Kier molecular flexibility index (Phi) is 6.34. The number of nitrogens with zero attached hydrogens (tertiary/aromatic N) is 1. The van der Waals surface area contributed by atoms with Gasteiger partial charge >= 0.3 is 0 Å². The second-order valence-corrected chi connectivity index (χ2v) is 9.87. The maximum absolute atomic E-state index is 12.5. The molecule has 2 aromatic carbocycles. The van der Waals surface area contributed by atoms with Crippen LogP contribution in [-0.2, 0) is 16.6 Å². The maximum atomic E-state index is 12.5. The second kappa shape index (κ2) is 9.33. The maximum Gasteiger partial charge on any atom is 0.261 e. The fraction of sp³-hybridized carbons (Fsp3) is 0.0833. The number of pyridine rings is 1. The van der Waals surface area contributed by atoms with Gasteiger partial charge in [0.25, 0.3) is 15.9 Å². The predicted octanol–water partition coefficient (Wildman–Crippen LogP) is 4.85. The molecular formula is C24H21N3O3S2. The summed E-state index contributed by atoms with van der Waals surface area (Å²) in [4.78, 5) is 18.1. The molecule has 2 heterocycles. The Labute approximate surface area is 191 Å². The summed E-state index contributed by atoms with van der Waals surface area (Å²) in [5, 5.41) is 4.88. The standard InChI is InChI=1S/C24H21N3O3S2/c1-17-4-2-5-22(12-17)32(29,30)27-21-9-7-19(8-10-21)24(28)26-15-18-13-20(16-25-14-18)23-6-3-11-31-23/h2-14,16,27H,15H2,1H3,(H,26,28). The quantitative estimate of drug-likeness (QED) is 0.410. The number of aromatic nitrogens is 1. The molecule has 0 radical (unpaired) electrons. The van der Waals surface area contributed by atoms with E-state index in [1.54, 1.807) is 66.2 Å². The van der Waals surface area contributed by atoms with Crippen LogP contribution < -0.4 is 10.0 Å².